The fourth-order valence-electron chi connectivity index (χ4n) is 1.41. The fourth-order valence-corrected chi connectivity index (χ4v) is 2.72. The first-order valence-electron chi connectivity index (χ1n) is 5.36. The Morgan fingerprint density at radius 2 is 1.80 bits per heavy atom. The van der Waals surface area contributed by atoms with E-state index in [0.29, 0.717) is 0 Å². The molecule has 0 saturated carbocycles. The SMILES string of the molecule is O=C(O)c1ccc(NS(=O)(=O)c2ccc(Br)cc2)cn1. The van der Waals surface area contributed by atoms with E-state index in [1.54, 1.807) is 12.1 Å². The number of hydrogen-bond acceptors (Lipinski definition) is 4. The van der Waals surface area contributed by atoms with Gasteiger partial charge in [0.25, 0.3) is 10.0 Å². The molecule has 6 nitrogen and oxygen atoms in total. The molecule has 0 unspecified atom stereocenters. The standard InChI is InChI=1S/C12H9BrN2O4S/c13-8-1-4-10(5-2-8)20(18,19)15-9-3-6-11(12(16)17)14-7-9/h1-7,15H,(H,16,17). The molecule has 0 saturated heterocycles. The van der Waals surface area contributed by atoms with Gasteiger partial charge in [-0.05, 0) is 36.4 Å². The second-order valence-electron chi connectivity index (χ2n) is 3.80. The van der Waals surface area contributed by atoms with Crippen molar-refractivity contribution in [1.82, 2.24) is 4.98 Å². The van der Waals surface area contributed by atoms with Gasteiger partial charge in [-0.1, -0.05) is 15.9 Å². The van der Waals surface area contributed by atoms with Crippen LogP contribution in [0.2, 0.25) is 0 Å². The maximum absolute atomic E-state index is 12.1. The van der Waals surface area contributed by atoms with E-state index in [0.717, 1.165) is 10.7 Å². The van der Waals surface area contributed by atoms with Crippen LogP contribution in [0.4, 0.5) is 5.69 Å². The Morgan fingerprint density at radius 1 is 1.15 bits per heavy atom. The Kier molecular flexibility index (Phi) is 4.05. The second-order valence-corrected chi connectivity index (χ2v) is 6.39. The monoisotopic (exact) mass is 356 g/mol. The molecule has 0 atom stereocenters. The average Bonchev–Trinajstić information content (AvgIpc) is 2.39. The summed E-state index contributed by atoms with van der Waals surface area (Å²) in [6.07, 6.45) is 1.15. The molecule has 1 aromatic heterocycles. The van der Waals surface area contributed by atoms with Crippen LogP contribution in [0.15, 0.2) is 52.0 Å². The summed E-state index contributed by atoms with van der Waals surface area (Å²) in [6, 6.07) is 8.69. The van der Waals surface area contributed by atoms with Crippen molar-refractivity contribution in [2.75, 3.05) is 4.72 Å². The lowest BCUT2D eigenvalue weighted by atomic mass is 10.3. The molecule has 0 fully saturated rings. The molecule has 0 amide bonds. The largest absolute Gasteiger partial charge is 0.477 e. The Bertz CT molecular complexity index is 727. The molecule has 1 aromatic carbocycles. The summed E-state index contributed by atoms with van der Waals surface area (Å²) in [5, 5.41) is 8.71. The van der Waals surface area contributed by atoms with Gasteiger partial charge in [0, 0.05) is 4.47 Å². The molecule has 0 aliphatic rings. The minimum Gasteiger partial charge on any atom is -0.477 e. The Morgan fingerprint density at radius 3 is 2.30 bits per heavy atom. The lowest BCUT2D eigenvalue weighted by molar-refractivity contribution is 0.0690. The highest BCUT2D eigenvalue weighted by atomic mass is 79.9. The molecular weight excluding hydrogens is 348 g/mol. The van der Waals surface area contributed by atoms with Crippen molar-refractivity contribution in [3.63, 3.8) is 0 Å². The van der Waals surface area contributed by atoms with Gasteiger partial charge in [-0.3, -0.25) is 4.72 Å². The molecule has 0 spiro atoms. The number of benzene rings is 1. The van der Waals surface area contributed by atoms with E-state index in [2.05, 4.69) is 25.6 Å². The summed E-state index contributed by atoms with van der Waals surface area (Å²) in [7, 11) is -3.72. The molecule has 2 rings (SSSR count). The normalized spacial score (nSPS) is 11.1. The maximum Gasteiger partial charge on any atom is 0.354 e. The third-order valence-electron chi connectivity index (χ3n) is 2.36. The highest BCUT2D eigenvalue weighted by Gasteiger charge is 2.14. The number of aromatic nitrogens is 1. The van der Waals surface area contributed by atoms with Crippen molar-refractivity contribution in [3.8, 4) is 0 Å². The number of aromatic carboxylic acids is 1. The molecule has 104 valence electrons. The number of halogens is 1. The van der Waals surface area contributed by atoms with E-state index in [1.165, 1.54) is 24.3 Å². The third-order valence-corrected chi connectivity index (χ3v) is 4.28. The van der Waals surface area contributed by atoms with Crippen LogP contribution >= 0.6 is 15.9 Å². The summed E-state index contributed by atoms with van der Waals surface area (Å²) < 4.78 is 27.2. The van der Waals surface area contributed by atoms with Gasteiger partial charge in [0.05, 0.1) is 16.8 Å². The summed E-state index contributed by atoms with van der Waals surface area (Å²) in [4.78, 5) is 14.4. The highest BCUT2D eigenvalue weighted by molar-refractivity contribution is 9.10. The van der Waals surface area contributed by atoms with E-state index < -0.39 is 16.0 Å². The number of nitrogens with zero attached hydrogens (tertiary/aromatic N) is 1. The lowest BCUT2D eigenvalue weighted by Crippen LogP contribution is -2.13. The summed E-state index contributed by atoms with van der Waals surface area (Å²) in [5.41, 5.74) is 0.0366. The molecular formula is C12H9BrN2O4S. The van der Waals surface area contributed by atoms with E-state index in [-0.39, 0.29) is 16.3 Å². The van der Waals surface area contributed by atoms with Gasteiger partial charge >= 0.3 is 5.97 Å². The van der Waals surface area contributed by atoms with Crippen molar-refractivity contribution in [3.05, 3.63) is 52.8 Å². The topological polar surface area (TPSA) is 96.4 Å². The van der Waals surface area contributed by atoms with Crippen molar-refractivity contribution >= 4 is 37.6 Å². The molecule has 2 aromatic rings. The van der Waals surface area contributed by atoms with Crippen molar-refractivity contribution in [2.45, 2.75) is 4.90 Å². The van der Waals surface area contributed by atoms with Crippen LogP contribution in [0.5, 0.6) is 0 Å². The van der Waals surface area contributed by atoms with Gasteiger partial charge in [0.2, 0.25) is 0 Å². The number of carboxylic acid groups (broad SMARTS) is 1. The van der Waals surface area contributed by atoms with Gasteiger partial charge in [-0.2, -0.15) is 0 Å². The van der Waals surface area contributed by atoms with Gasteiger partial charge in [0.1, 0.15) is 5.69 Å². The fraction of sp³-hybridized carbons (Fsp3) is 0. The predicted molar refractivity (Wildman–Crippen MR) is 76.1 cm³/mol. The van der Waals surface area contributed by atoms with Crippen LogP contribution in [0.25, 0.3) is 0 Å². The molecule has 20 heavy (non-hydrogen) atoms. The number of hydrogen-bond donors (Lipinski definition) is 2. The Labute approximate surface area is 123 Å². The highest BCUT2D eigenvalue weighted by Crippen LogP contribution is 2.18. The predicted octanol–water partition coefficient (Wildman–Crippen LogP) is 2.34. The van der Waals surface area contributed by atoms with E-state index in [4.69, 9.17) is 5.11 Å². The lowest BCUT2D eigenvalue weighted by Gasteiger charge is -2.07. The number of carboxylic acids is 1. The summed E-state index contributed by atoms with van der Waals surface area (Å²) >= 11 is 3.22. The number of carbonyl (C=O) groups is 1. The average molecular weight is 357 g/mol. The van der Waals surface area contributed by atoms with Crippen LogP contribution in [0.3, 0.4) is 0 Å². The summed E-state index contributed by atoms with van der Waals surface area (Å²) in [6.45, 7) is 0. The van der Waals surface area contributed by atoms with Crippen molar-refractivity contribution in [2.24, 2.45) is 0 Å². The number of rotatable bonds is 4. The number of pyridine rings is 1. The second kappa shape index (κ2) is 5.59. The van der Waals surface area contributed by atoms with Crippen LogP contribution < -0.4 is 4.72 Å². The number of anilines is 1. The van der Waals surface area contributed by atoms with E-state index >= 15 is 0 Å². The quantitative estimate of drug-likeness (QED) is 0.876. The van der Waals surface area contributed by atoms with Crippen molar-refractivity contribution in [1.29, 1.82) is 0 Å². The first-order chi connectivity index (χ1) is 9.38. The first-order valence-corrected chi connectivity index (χ1v) is 7.64. The van der Waals surface area contributed by atoms with E-state index in [1.807, 2.05) is 0 Å². The zero-order valence-corrected chi connectivity index (χ0v) is 12.3. The Balaban J connectivity index is 2.24. The molecule has 0 radical (unpaired) electrons. The van der Waals surface area contributed by atoms with Gasteiger partial charge < -0.3 is 5.11 Å². The Hall–Kier alpha value is -1.93. The van der Waals surface area contributed by atoms with Gasteiger partial charge in [0.15, 0.2) is 0 Å². The molecule has 2 N–H and O–H groups in total. The minimum absolute atomic E-state index is 0.100. The molecule has 0 aliphatic heterocycles. The van der Waals surface area contributed by atoms with Crippen LogP contribution in [0, 0.1) is 0 Å². The van der Waals surface area contributed by atoms with Crippen molar-refractivity contribution < 1.29 is 18.3 Å². The van der Waals surface area contributed by atoms with E-state index in [9.17, 15) is 13.2 Å². The first kappa shape index (κ1) is 14.5. The zero-order chi connectivity index (χ0) is 14.8. The molecule has 0 bridgehead atoms. The third kappa shape index (κ3) is 3.34. The summed E-state index contributed by atoms with van der Waals surface area (Å²) in [5.74, 6) is -1.17. The van der Waals surface area contributed by atoms with Gasteiger partial charge in [-0.15, -0.1) is 0 Å². The number of nitrogens with one attached hydrogen (secondary N) is 1. The van der Waals surface area contributed by atoms with Crippen LogP contribution in [0.1, 0.15) is 10.5 Å². The zero-order valence-electron chi connectivity index (χ0n) is 9.95. The van der Waals surface area contributed by atoms with Crippen LogP contribution in [-0.4, -0.2) is 24.5 Å². The molecule has 0 aliphatic carbocycles. The van der Waals surface area contributed by atoms with Crippen LogP contribution in [-0.2, 0) is 10.0 Å². The van der Waals surface area contributed by atoms with Gasteiger partial charge in [-0.25, -0.2) is 18.2 Å². The maximum atomic E-state index is 12.1. The molecule has 1 heterocycles. The smallest absolute Gasteiger partial charge is 0.354 e. The molecule has 8 heteroatoms. The minimum atomic E-state index is -3.72. The number of sulfonamides is 1.